The molecule has 2 rings (SSSR count). The van der Waals surface area contributed by atoms with Gasteiger partial charge in [-0.15, -0.1) is 11.3 Å². The highest BCUT2D eigenvalue weighted by Gasteiger charge is 2.29. The number of rotatable bonds is 4. The predicted octanol–water partition coefficient (Wildman–Crippen LogP) is 1.87. The minimum absolute atomic E-state index is 0.0975. The molecule has 21 heavy (non-hydrogen) atoms. The maximum atomic E-state index is 12.3. The number of hydrogen-bond donors (Lipinski definition) is 0. The van der Waals surface area contributed by atoms with Gasteiger partial charge in [-0.2, -0.15) is 4.31 Å². The van der Waals surface area contributed by atoms with Crippen molar-refractivity contribution in [1.82, 2.24) is 9.21 Å². The molecule has 0 saturated carbocycles. The molecule has 0 bridgehead atoms. The van der Waals surface area contributed by atoms with Crippen molar-refractivity contribution in [3.63, 3.8) is 0 Å². The number of likely N-dealkylation sites (tertiary alicyclic amines) is 1. The molecule has 0 aliphatic carbocycles. The Hall–Kier alpha value is -0.920. The highest BCUT2D eigenvalue weighted by atomic mass is 32.2. The van der Waals surface area contributed by atoms with Gasteiger partial charge < -0.3 is 4.90 Å². The van der Waals surface area contributed by atoms with Gasteiger partial charge in [-0.3, -0.25) is 4.79 Å². The molecule has 0 radical (unpaired) electrons. The molecule has 2 atom stereocenters. The lowest BCUT2D eigenvalue weighted by Crippen LogP contribution is -2.47. The average Bonchev–Trinajstić information content (AvgIpc) is 2.91. The van der Waals surface area contributed by atoms with Gasteiger partial charge in [0.05, 0.1) is 6.54 Å². The zero-order valence-electron chi connectivity index (χ0n) is 12.7. The van der Waals surface area contributed by atoms with Crippen LogP contribution < -0.4 is 0 Å². The van der Waals surface area contributed by atoms with Crippen molar-refractivity contribution in [2.45, 2.75) is 24.5 Å². The summed E-state index contributed by atoms with van der Waals surface area (Å²) in [6, 6.07) is 3.26. The molecule has 0 N–H and O–H groups in total. The Morgan fingerprint density at radius 1 is 1.38 bits per heavy atom. The van der Waals surface area contributed by atoms with Gasteiger partial charge in [0, 0.05) is 20.1 Å². The standard InChI is InChI=1S/C14H22N2O3S2/c1-11-7-12(2)9-16(8-11)13(17)10-15(3)21(18,19)14-5-4-6-20-14/h4-6,11-12H,7-10H2,1-3H3. The summed E-state index contributed by atoms with van der Waals surface area (Å²) in [7, 11) is -2.09. The molecule has 1 aliphatic heterocycles. The molecule has 1 fully saturated rings. The number of nitrogens with zero attached hydrogens (tertiary/aromatic N) is 2. The maximum absolute atomic E-state index is 12.3. The van der Waals surface area contributed by atoms with Crippen LogP contribution in [0.5, 0.6) is 0 Å². The number of sulfonamides is 1. The first-order valence-corrected chi connectivity index (χ1v) is 9.40. The summed E-state index contributed by atoms with van der Waals surface area (Å²) < 4.78 is 26.0. The van der Waals surface area contributed by atoms with E-state index in [0.717, 1.165) is 23.8 Å². The number of piperidine rings is 1. The molecular weight excluding hydrogens is 308 g/mol. The van der Waals surface area contributed by atoms with Crippen molar-refractivity contribution in [2.24, 2.45) is 11.8 Å². The largest absolute Gasteiger partial charge is 0.341 e. The number of likely N-dealkylation sites (N-methyl/N-ethyl adjacent to an activating group) is 1. The molecule has 1 aromatic heterocycles. The predicted molar refractivity (Wildman–Crippen MR) is 83.7 cm³/mol. The van der Waals surface area contributed by atoms with Crippen LogP contribution in [0.1, 0.15) is 20.3 Å². The lowest BCUT2D eigenvalue weighted by molar-refractivity contribution is -0.133. The smallest absolute Gasteiger partial charge is 0.252 e. The second-order valence-electron chi connectivity index (χ2n) is 5.94. The summed E-state index contributed by atoms with van der Waals surface area (Å²) in [5.41, 5.74) is 0. The van der Waals surface area contributed by atoms with E-state index in [1.807, 2.05) is 0 Å². The lowest BCUT2D eigenvalue weighted by Gasteiger charge is -2.35. The van der Waals surface area contributed by atoms with Crippen LogP contribution in [0.25, 0.3) is 0 Å². The minimum atomic E-state index is -3.55. The summed E-state index contributed by atoms with van der Waals surface area (Å²) in [6.45, 7) is 5.59. The molecule has 1 aliphatic rings. The summed E-state index contributed by atoms with van der Waals surface area (Å²) >= 11 is 1.17. The van der Waals surface area contributed by atoms with E-state index in [0.29, 0.717) is 11.8 Å². The van der Waals surface area contributed by atoms with Crippen molar-refractivity contribution in [1.29, 1.82) is 0 Å². The highest BCUT2D eigenvalue weighted by Crippen LogP contribution is 2.22. The van der Waals surface area contributed by atoms with E-state index >= 15 is 0 Å². The molecule has 118 valence electrons. The molecule has 1 saturated heterocycles. The third-order valence-corrected chi connectivity index (χ3v) is 6.92. The Balaban J connectivity index is 2.02. The van der Waals surface area contributed by atoms with Crippen LogP contribution in [0.2, 0.25) is 0 Å². The topological polar surface area (TPSA) is 57.7 Å². The van der Waals surface area contributed by atoms with Crippen molar-refractivity contribution in [3.05, 3.63) is 17.5 Å². The molecule has 1 amide bonds. The monoisotopic (exact) mass is 330 g/mol. The first-order chi connectivity index (χ1) is 9.80. The SMILES string of the molecule is CC1CC(C)CN(C(=O)CN(C)S(=O)(=O)c2cccs2)C1. The minimum Gasteiger partial charge on any atom is -0.341 e. The van der Waals surface area contributed by atoms with E-state index in [-0.39, 0.29) is 16.7 Å². The van der Waals surface area contributed by atoms with Crippen molar-refractivity contribution in [3.8, 4) is 0 Å². The van der Waals surface area contributed by atoms with Crippen LogP contribution >= 0.6 is 11.3 Å². The maximum Gasteiger partial charge on any atom is 0.252 e. The van der Waals surface area contributed by atoms with Crippen LogP contribution in [0, 0.1) is 11.8 Å². The van der Waals surface area contributed by atoms with Crippen LogP contribution in [-0.2, 0) is 14.8 Å². The van der Waals surface area contributed by atoms with Crippen LogP contribution in [-0.4, -0.2) is 50.2 Å². The van der Waals surface area contributed by atoms with E-state index in [1.54, 1.807) is 22.4 Å². The van der Waals surface area contributed by atoms with Gasteiger partial charge in [0.1, 0.15) is 4.21 Å². The fraction of sp³-hybridized carbons (Fsp3) is 0.643. The van der Waals surface area contributed by atoms with Crippen LogP contribution in [0.15, 0.2) is 21.7 Å². The van der Waals surface area contributed by atoms with Gasteiger partial charge in [0.25, 0.3) is 10.0 Å². The van der Waals surface area contributed by atoms with E-state index in [2.05, 4.69) is 13.8 Å². The van der Waals surface area contributed by atoms with E-state index in [1.165, 1.54) is 18.4 Å². The fourth-order valence-electron chi connectivity index (χ4n) is 2.81. The van der Waals surface area contributed by atoms with Gasteiger partial charge >= 0.3 is 0 Å². The van der Waals surface area contributed by atoms with Crippen molar-refractivity contribution in [2.75, 3.05) is 26.7 Å². The molecule has 0 aromatic carbocycles. The number of carbonyl (C=O) groups excluding carboxylic acids is 1. The van der Waals surface area contributed by atoms with E-state index < -0.39 is 10.0 Å². The number of thiophene rings is 1. The van der Waals surface area contributed by atoms with Crippen molar-refractivity contribution < 1.29 is 13.2 Å². The lowest BCUT2D eigenvalue weighted by atomic mass is 9.92. The third-order valence-electron chi connectivity index (χ3n) is 3.74. The fourth-order valence-corrected chi connectivity index (χ4v) is 5.13. The zero-order valence-corrected chi connectivity index (χ0v) is 14.3. The molecule has 1 aromatic rings. The molecular formula is C14H22N2O3S2. The van der Waals surface area contributed by atoms with Crippen LogP contribution in [0.4, 0.5) is 0 Å². The Kier molecular flexibility index (Phi) is 5.06. The van der Waals surface area contributed by atoms with Gasteiger partial charge in [0.15, 0.2) is 0 Å². The van der Waals surface area contributed by atoms with E-state index in [4.69, 9.17) is 0 Å². The normalized spacial score (nSPS) is 23.5. The summed E-state index contributed by atoms with van der Waals surface area (Å²) in [5, 5.41) is 1.72. The molecule has 2 unspecified atom stereocenters. The average molecular weight is 330 g/mol. The molecule has 7 heteroatoms. The van der Waals surface area contributed by atoms with E-state index in [9.17, 15) is 13.2 Å². The second-order valence-corrected chi connectivity index (χ2v) is 9.16. The number of carbonyl (C=O) groups is 1. The third kappa shape index (κ3) is 3.84. The molecule has 0 spiro atoms. The first kappa shape index (κ1) is 16.5. The second kappa shape index (κ2) is 6.46. The molecule has 5 nitrogen and oxygen atoms in total. The Labute approximate surface area is 130 Å². The first-order valence-electron chi connectivity index (χ1n) is 7.08. The summed E-state index contributed by atoms with van der Waals surface area (Å²) in [6.07, 6.45) is 1.12. The Morgan fingerprint density at radius 3 is 2.52 bits per heavy atom. The van der Waals surface area contributed by atoms with Gasteiger partial charge in [-0.05, 0) is 29.7 Å². The summed E-state index contributed by atoms with van der Waals surface area (Å²) in [4.78, 5) is 14.1. The quantitative estimate of drug-likeness (QED) is 0.847. The van der Waals surface area contributed by atoms with Gasteiger partial charge in [-0.1, -0.05) is 19.9 Å². The Morgan fingerprint density at radius 2 is 2.00 bits per heavy atom. The van der Waals surface area contributed by atoms with Gasteiger partial charge in [0.2, 0.25) is 5.91 Å². The summed E-state index contributed by atoms with van der Waals surface area (Å²) in [5.74, 6) is 0.824. The number of hydrogen-bond acceptors (Lipinski definition) is 4. The number of amides is 1. The highest BCUT2D eigenvalue weighted by molar-refractivity contribution is 7.91. The van der Waals surface area contributed by atoms with Crippen LogP contribution in [0.3, 0.4) is 0 Å². The van der Waals surface area contributed by atoms with Gasteiger partial charge in [-0.25, -0.2) is 8.42 Å². The molecule has 2 heterocycles. The Bertz CT molecular complexity index is 573. The van der Waals surface area contributed by atoms with Crippen molar-refractivity contribution >= 4 is 27.3 Å². The zero-order chi connectivity index (χ0) is 15.6.